The average molecular weight is 247 g/mol. The lowest BCUT2D eigenvalue weighted by atomic mass is 10.1. The largest absolute Gasteiger partial charge is 0.497 e. The van der Waals surface area contributed by atoms with Crippen molar-refractivity contribution in [2.24, 2.45) is 7.05 Å². The fourth-order valence-corrected chi connectivity index (χ4v) is 1.86. The Balaban J connectivity index is 2.32. The summed E-state index contributed by atoms with van der Waals surface area (Å²) >= 11 is 0. The van der Waals surface area contributed by atoms with E-state index in [1.165, 1.54) is 0 Å². The molecule has 18 heavy (non-hydrogen) atoms. The molecule has 0 aliphatic heterocycles. The Morgan fingerprint density at radius 3 is 2.67 bits per heavy atom. The number of benzene rings is 1. The van der Waals surface area contributed by atoms with Crippen molar-refractivity contribution in [3.8, 4) is 5.75 Å². The molecule has 0 amide bonds. The number of ether oxygens (including phenoxy) is 1. The first-order chi connectivity index (χ1) is 8.40. The average Bonchev–Trinajstić information content (AvgIpc) is 2.62. The summed E-state index contributed by atoms with van der Waals surface area (Å²) in [7, 11) is 3.72. The van der Waals surface area contributed by atoms with Crippen molar-refractivity contribution in [2.75, 3.05) is 7.11 Å². The fraction of sp³-hybridized carbons (Fsp3) is 0.500. The molecule has 0 aliphatic rings. The number of nitrogens with one attached hydrogen (secondary N) is 1. The number of imidazole rings is 1. The summed E-state index contributed by atoms with van der Waals surface area (Å²) in [6.45, 7) is 7.22. The maximum atomic E-state index is 5.22. The van der Waals surface area contributed by atoms with Crippen molar-refractivity contribution in [3.05, 3.63) is 24.0 Å². The third kappa shape index (κ3) is 2.64. The zero-order valence-electron chi connectivity index (χ0n) is 11.7. The van der Waals surface area contributed by atoms with Crippen LogP contribution in [0.15, 0.2) is 18.2 Å². The molecular formula is C14H21N3O. The molecule has 0 saturated heterocycles. The molecule has 1 heterocycles. The lowest BCUT2D eigenvalue weighted by molar-refractivity contribution is 0.414. The highest BCUT2D eigenvalue weighted by Gasteiger charge is 2.12. The third-order valence-corrected chi connectivity index (χ3v) is 2.96. The quantitative estimate of drug-likeness (QED) is 0.905. The molecule has 0 fully saturated rings. The van der Waals surface area contributed by atoms with E-state index in [9.17, 15) is 0 Å². The highest BCUT2D eigenvalue weighted by atomic mass is 16.5. The van der Waals surface area contributed by atoms with Crippen molar-refractivity contribution >= 4 is 11.0 Å². The van der Waals surface area contributed by atoms with Gasteiger partial charge in [-0.3, -0.25) is 0 Å². The molecule has 2 rings (SSSR count). The van der Waals surface area contributed by atoms with E-state index in [2.05, 4.69) is 35.6 Å². The summed E-state index contributed by atoms with van der Waals surface area (Å²) in [4.78, 5) is 4.64. The monoisotopic (exact) mass is 247 g/mol. The van der Waals surface area contributed by atoms with Crippen molar-refractivity contribution in [2.45, 2.75) is 32.9 Å². The van der Waals surface area contributed by atoms with Gasteiger partial charge >= 0.3 is 0 Å². The summed E-state index contributed by atoms with van der Waals surface area (Å²) in [5.74, 6) is 1.88. The van der Waals surface area contributed by atoms with Crippen LogP contribution in [-0.2, 0) is 13.6 Å². The molecule has 2 aromatic rings. The van der Waals surface area contributed by atoms with Crippen LogP contribution in [0.1, 0.15) is 26.6 Å². The molecule has 4 heteroatoms. The van der Waals surface area contributed by atoms with E-state index in [0.717, 1.165) is 29.2 Å². The molecule has 0 saturated carbocycles. The number of hydrogen-bond donors (Lipinski definition) is 1. The second-order valence-electron chi connectivity index (χ2n) is 5.55. The Morgan fingerprint density at radius 1 is 1.33 bits per heavy atom. The molecule has 4 nitrogen and oxygen atoms in total. The fourth-order valence-electron chi connectivity index (χ4n) is 1.86. The highest BCUT2D eigenvalue weighted by Crippen LogP contribution is 2.21. The Hall–Kier alpha value is -1.55. The minimum Gasteiger partial charge on any atom is -0.497 e. The standard InChI is InChI=1S/C14H21N3O/c1-14(2,3)15-9-13-16-11-8-10(18-5)6-7-12(11)17(13)4/h6-8,15H,9H2,1-5H3. The Labute approximate surface area is 108 Å². The highest BCUT2D eigenvalue weighted by molar-refractivity contribution is 5.77. The maximum Gasteiger partial charge on any atom is 0.123 e. The summed E-state index contributed by atoms with van der Waals surface area (Å²) in [6.07, 6.45) is 0. The van der Waals surface area contributed by atoms with Gasteiger partial charge < -0.3 is 14.6 Å². The molecule has 0 radical (unpaired) electrons. The minimum absolute atomic E-state index is 0.0931. The summed E-state index contributed by atoms with van der Waals surface area (Å²) in [5.41, 5.74) is 2.19. The SMILES string of the molecule is COc1ccc2c(c1)nc(CNC(C)(C)C)n2C. The van der Waals surface area contributed by atoms with Gasteiger partial charge in [0.2, 0.25) is 0 Å². The molecule has 0 atom stereocenters. The van der Waals surface area contributed by atoms with Crippen molar-refractivity contribution in [1.82, 2.24) is 14.9 Å². The molecule has 1 aromatic carbocycles. The normalized spacial score (nSPS) is 12.1. The second-order valence-corrected chi connectivity index (χ2v) is 5.55. The number of rotatable bonds is 3. The first kappa shape index (κ1) is 12.9. The summed E-state index contributed by atoms with van der Waals surface area (Å²) in [5, 5.41) is 3.45. The molecule has 0 unspecified atom stereocenters. The molecule has 1 aromatic heterocycles. The lowest BCUT2D eigenvalue weighted by Gasteiger charge is -2.20. The van der Waals surface area contributed by atoms with Crippen LogP contribution in [0, 0.1) is 0 Å². The maximum absolute atomic E-state index is 5.22. The van der Waals surface area contributed by atoms with Gasteiger partial charge in [-0.25, -0.2) is 4.98 Å². The van der Waals surface area contributed by atoms with Crippen LogP contribution >= 0.6 is 0 Å². The minimum atomic E-state index is 0.0931. The van der Waals surface area contributed by atoms with Crippen LogP contribution < -0.4 is 10.1 Å². The van der Waals surface area contributed by atoms with Crippen molar-refractivity contribution in [3.63, 3.8) is 0 Å². The van der Waals surface area contributed by atoms with Gasteiger partial charge in [0, 0.05) is 18.7 Å². The van der Waals surface area contributed by atoms with E-state index >= 15 is 0 Å². The predicted octanol–water partition coefficient (Wildman–Crippen LogP) is 2.47. The van der Waals surface area contributed by atoms with E-state index in [0.29, 0.717) is 0 Å². The number of aryl methyl sites for hydroxylation is 1. The summed E-state index contributed by atoms with van der Waals surface area (Å²) in [6, 6.07) is 5.97. The Morgan fingerprint density at radius 2 is 2.06 bits per heavy atom. The van der Waals surface area contributed by atoms with Crippen molar-refractivity contribution < 1.29 is 4.74 Å². The number of aromatic nitrogens is 2. The molecular weight excluding hydrogens is 226 g/mol. The van der Waals surface area contributed by atoms with E-state index in [1.807, 2.05) is 25.2 Å². The molecule has 98 valence electrons. The first-order valence-electron chi connectivity index (χ1n) is 6.15. The van der Waals surface area contributed by atoms with Crippen LogP contribution in [0.3, 0.4) is 0 Å². The van der Waals surface area contributed by atoms with Crippen LogP contribution in [0.5, 0.6) is 5.75 Å². The van der Waals surface area contributed by atoms with E-state index in [1.54, 1.807) is 7.11 Å². The van der Waals surface area contributed by atoms with Crippen LogP contribution in [0.2, 0.25) is 0 Å². The molecule has 1 N–H and O–H groups in total. The number of nitrogens with zero attached hydrogens (tertiary/aromatic N) is 2. The van der Waals surface area contributed by atoms with Gasteiger partial charge in [-0.05, 0) is 32.9 Å². The van der Waals surface area contributed by atoms with Crippen LogP contribution in [0.25, 0.3) is 11.0 Å². The number of methoxy groups -OCH3 is 1. The van der Waals surface area contributed by atoms with Gasteiger partial charge in [-0.2, -0.15) is 0 Å². The second kappa shape index (κ2) is 4.61. The number of hydrogen-bond acceptors (Lipinski definition) is 3. The van der Waals surface area contributed by atoms with E-state index in [4.69, 9.17) is 4.74 Å². The predicted molar refractivity (Wildman–Crippen MR) is 73.9 cm³/mol. The van der Waals surface area contributed by atoms with Gasteiger partial charge in [-0.15, -0.1) is 0 Å². The van der Waals surface area contributed by atoms with Crippen molar-refractivity contribution in [1.29, 1.82) is 0 Å². The summed E-state index contributed by atoms with van der Waals surface area (Å²) < 4.78 is 7.34. The number of fused-ring (bicyclic) bond motifs is 1. The topological polar surface area (TPSA) is 39.1 Å². The van der Waals surface area contributed by atoms with Crippen LogP contribution in [0.4, 0.5) is 0 Å². The van der Waals surface area contributed by atoms with Gasteiger partial charge in [-0.1, -0.05) is 0 Å². The molecule has 0 spiro atoms. The lowest BCUT2D eigenvalue weighted by Crippen LogP contribution is -2.35. The van der Waals surface area contributed by atoms with Gasteiger partial charge in [0.05, 0.1) is 24.7 Å². The Kier molecular flexibility index (Phi) is 3.30. The van der Waals surface area contributed by atoms with E-state index < -0.39 is 0 Å². The smallest absolute Gasteiger partial charge is 0.123 e. The van der Waals surface area contributed by atoms with Gasteiger partial charge in [0.25, 0.3) is 0 Å². The van der Waals surface area contributed by atoms with Gasteiger partial charge in [0.1, 0.15) is 11.6 Å². The van der Waals surface area contributed by atoms with E-state index in [-0.39, 0.29) is 5.54 Å². The molecule has 0 bridgehead atoms. The third-order valence-electron chi connectivity index (χ3n) is 2.96. The first-order valence-corrected chi connectivity index (χ1v) is 6.15. The van der Waals surface area contributed by atoms with Crippen LogP contribution in [-0.4, -0.2) is 22.2 Å². The van der Waals surface area contributed by atoms with Gasteiger partial charge in [0.15, 0.2) is 0 Å². The zero-order valence-corrected chi connectivity index (χ0v) is 11.7. The molecule has 0 aliphatic carbocycles. The zero-order chi connectivity index (χ0) is 13.3. The Bertz CT molecular complexity index is 552.